The fourth-order valence-corrected chi connectivity index (χ4v) is 2.96. The van der Waals surface area contributed by atoms with E-state index in [9.17, 15) is 4.79 Å². The third-order valence-corrected chi connectivity index (χ3v) is 4.35. The van der Waals surface area contributed by atoms with Gasteiger partial charge in [-0.25, -0.2) is 15.0 Å². The molecule has 1 fully saturated rings. The first-order valence-electron chi connectivity index (χ1n) is 8.23. The number of hydrogen-bond donors (Lipinski definition) is 0. The van der Waals surface area contributed by atoms with Crippen molar-refractivity contribution in [1.29, 1.82) is 0 Å². The van der Waals surface area contributed by atoms with Crippen molar-refractivity contribution in [3.05, 3.63) is 55.6 Å². The Balaban J connectivity index is 1.39. The van der Waals surface area contributed by atoms with E-state index in [1.165, 1.54) is 0 Å². The maximum absolute atomic E-state index is 12.4. The van der Waals surface area contributed by atoms with Crippen molar-refractivity contribution in [2.75, 3.05) is 31.1 Å². The molecule has 3 aromatic heterocycles. The maximum atomic E-state index is 12.4. The number of amides is 1. The van der Waals surface area contributed by atoms with Crippen LogP contribution in [-0.4, -0.2) is 61.1 Å². The molecule has 1 aliphatic rings. The SMILES string of the molecule is O=C(Cn1cccc1)N1CCN(c2cc(-n3ccnc3)ncn2)CC1. The molecule has 0 radical (unpaired) electrons. The zero-order valence-corrected chi connectivity index (χ0v) is 13.8. The molecule has 0 spiro atoms. The van der Waals surface area contributed by atoms with E-state index < -0.39 is 0 Å². The number of imidazole rings is 1. The second-order valence-corrected chi connectivity index (χ2v) is 5.93. The maximum Gasteiger partial charge on any atom is 0.242 e. The molecule has 3 aromatic rings. The molecule has 0 aromatic carbocycles. The predicted molar refractivity (Wildman–Crippen MR) is 92.4 cm³/mol. The molecule has 1 saturated heterocycles. The highest BCUT2D eigenvalue weighted by atomic mass is 16.2. The number of carbonyl (C=O) groups excluding carboxylic acids is 1. The summed E-state index contributed by atoms with van der Waals surface area (Å²) in [7, 11) is 0. The van der Waals surface area contributed by atoms with Crippen LogP contribution in [0.15, 0.2) is 55.6 Å². The van der Waals surface area contributed by atoms with E-state index in [1.54, 1.807) is 18.9 Å². The van der Waals surface area contributed by atoms with E-state index in [1.807, 2.05) is 50.8 Å². The van der Waals surface area contributed by atoms with Gasteiger partial charge in [0.25, 0.3) is 0 Å². The van der Waals surface area contributed by atoms with Crippen LogP contribution < -0.4 is 4.90 Å². The van der Waals surface area contributed by atoms with E-state index in [-0.39, 0.29) is 5.91 Å². The fraction of sp³-hybridized carbons (Fsp3) is 0.294. The second kappa shape index (κ2) is 6.76. The van der Waals surface area contributed by atoms with E-state index in [2.05, 4.69) is 19.9 Å². The summed E-state index contributed by atoms with van der Waals surface area (Å²) in [5.41, 5.74) is 0. The molecule has 25 heavy (non-hydrogen) atoms. The Bertz CT molecular complexity index is 821. The number of hydrogen-bond acceptors (Lipinski definition) is 5. The number of carbonyl (C=O) groups is 1. The molecule has 0 bridgehead atoms. The standard InChI is InChI=1S/C17H19N7O/c25-17(12-21-4-1-2-5-21)23-9-7-22(8-10-23)15-11-16(20-13-19-15)24-6-3-18-14-24/h1-6,11,13-14H,7-10,12H2. The van der Waals surface area contributed by atoms with Crippen LogP contribution in [0.25, 0.3) is 5.82 Å². The van der Waals surface area contributed by atoms with Gasteiger partial charge in [0.05, 0.1) is 0 Å². The Morgan fingerprint density at radius 3 is 2.48 bits per heavy atom. The molecular weight excluding hydrogens is 318 g/mol. The lowest BCUT2D eigenvalue weighted by atomic mass is 10.3. The zero-order valence-electron chi connectivity index (χ0n) is 13.8. The predicted octanol–water partition coefficient (Wildman–Crippen LogP) is 0.813. The summed E-state index contributed by atoms with van der Waals surface area (Å²) >= 11 is 0. The van der Waals surface area contributed by atoms with Gasteiger partial charge in [-0.1, -0.05) is 0 Å². The van der Waals surface area contributed by atoms with Crippen molar-refractivity contribution in [3.8, 4) is 5.82 Å². The molecule has 4 rings (SSSR count). The fourth-order valence-electron chi connectivity index (χ4n) is 2.96. The van der Waals surface area contributed by atoms with Gasteiger partial charge in [-0.2, -0.15) is 0 Å². The van der Waals surface area contributed by atoms with Gasteiger partial charge in [0, 0.05) is 57.0 Å². The Labute approximate surface area is 145 Å². The van der Waals surface area contributed by atoms with Crippen LogP contribution in [0.5, 0.6) is 0 Å². The molecule has 0 N–H and O–H groups in total. The molecule has 0 unspecified atom stereocenters. The highest BCUT2D eigenvalue weighted by Gasteiger charge is 2.22. The Hall–Kier alpha value is -3.16. The van der Waals surface area contributed by atoms with Gasteiger partial charge in [-0.3, -0.25) is 9.36 Å². The summed E-state index contributed by atoms with van der Waals surface area (Å²) in [4.78, 5) is 29.2. The van der Waals surface area contributed by atoms with Crippen molar-refractivity contribution in [2.24, 2.45) is 0 Å². The highest BCUT2D eigenvalue weighted by Crippen LogP contribution is 2.16. The smallest absolute Gasteiger partial charge is 0.242 e. The number of aromatic nitrogens is 5. The first-order valence-corrected chi connectivity index (χ1v) is 8.23. The molecule has 8 heteroatoms. The molecule has 0 saturated carbocycles. The van der Waals surface area contributed by atoms with Crippen LogP contribution in [0.1, 0.15) is 0 Å². The summed E-state index contributed by atoms with van der Waals surface area (Å²) in [5, 5.41) is 0. The molecule has 0 aliphatic carbocycles. The third kappa shape index (κ3) is 3.37. The van der Waals surface area contributed by atoms with Crippen LogP contribution >= 0.6 is 0 Å². The summed E-state index contributed by atoms with van der Waals surface area (Å²) in [5.74, 6) is 1.81. The first kappa shape index (κ1) is 15.4. The Kier molecular flexibility index (Phi) is 4.16. The topological polar surface area (TPSA) is 72.1 Å². The quantitative estimate of drug-likeness (QED) is 0.705. The lowest BCUT2D eigenvalue weighted by Gasteiger charge is -2.35. The van der Waals surface area contributed by atoms with Crippen molar-refractivity contribution in [3.63, 3.8) is 0 Å². The van der Waals surface area contributed by atoms with Gasteiger partial charge in [0.15, 0.2) is 0 Å². The van der Waals surface area contributed by atoms with Crippen LogP contribution in [0, 0.1) is 0 Å². The largest absolute Gasteiger partial charge is 0.353 e. The van der Waals surface area contributed by atoms with Gasteiger partial charge in [-0.15, -0.1) is 0 Å². The Morgan fingerprint density at radius 1 is 1.00 bits per heavy atom. The van der Waals surface area contributed by atoms with Gasteiger partial charge in [0.2, 0.25) is 5.91 Å². The summed E-state index contributed by atoms with van der Waals surface area (Å²) in [6.45, 7) is 3.32. The molecule has 4 heterocycles. The third-order valence-electron chi connectivity index (χ3n) is 4.35. The summed E-state index contributed by atoms with van der Waals surface area (Å²) in [6, 6.07) is 5.80. The minimum atomic E-state index is 0.151. The van der Waals surface area contributed by atoms with Gasteiger partial charge in [-0.05, 0) is 12.1 Å². The monoisotopic (exact) mass is 337 g/mol. The minimum Gasteiger partial charge on any atom is -0.353 e. The van der Waals surface area contributed by atoms with Crippen molar-refractivity contribution >= 4 is 11.7 Å². The normalized spacial score (nSPS) is 14.7. The summed E-state index contributed by atoms with van der Waals surface area (Å²) in [6.07, 6.45) is 10.7. The number of piperazine rings is 1. The van der Waals surface area contributed by atoms with E-state index in [0.717, 1.165) is 24.7 Å². The number of nitrogens with zero attached hydrogens (tertiary/aromatic N) is 7. The molecular formula is C17H19N7O. The Morgan fingerprint density at radius 2 is 1.76 bits per heavy atom. The highest BCUT2D eigenvalue weighted by molar-refractivity contribution is 5.76. The van der Waals surface area contributed by atoms with Crippen molar-refractivity contribution < 1.29 is 4.79 Å². The van der Waals surface area contributed by atoms with E-state index >= 15 is 0 Å². The summed E-state index contributed by atoms with van der Waals surface area (Å²) < 4.78 is 3.75. The number of anilines is 1. The van der Waals surface area contributed by atoms with E-state index in [4.69, 9.17) is 0 Å². The van der Waals surface area contributed by atoms with Crippen LogP contribution in [0.4, 0.5) is 5.82 Å². The van der Waals surface area contributed by atoms with Crippen LogP contribution in [0.3, 0.4) is 0 Å². The average Bonchev–Trinajstić information content (AvgIpc) is 3.36. The second-order valence-electron chi connectivity index (χ2n) is 5.93. The molecule has 0 atom stereocenters. The van der Waals surface area contributed by atoms with Crippen molar-refractivity contribution in [2.45, 2.75) is 6.54 Å². The van der Waals surface area contributed by atoms with Gasteiger partial charge < -0.3 is 14.4 Å². The lowest BCUT2D eigenvalue weighted by Crippen LogP contribution is -2.49. The molecule has 1 amide bonds. The molecule has 8 nitrogen and oxygen atoms in total. The zero-order chi connectivity index (χ0) is 17.1. The van der Waals surface area contributed by atoms with E-state index in [0.29, 0.717) is 19.6 Å². The van der Waals surface area contributed by atoms with Gasteiger partial charge in [0.1, 0.15) is 30.8 Å². The van der Waals surface area contributed by atoms with Crippen LogP contribution in [-0.2, 0) is 11.3 Å². The molecule has 1 aliphatic heterocycles. The van der Waals surface area contributed by atoms with Gasteiger partial charge >= 0.3 is 0 Å². The molecule has 128 valence electrons. The van der Waals surface area contributed by atoms with Crippen LogP contribution in [0.2, 0.25) is 0 Å². The minimum absolute atomic E-state index is 0.151. The average molecular weight is 337 g/mol. The number of rotatable bonds is 4. The lowest BCUT2D eigenvalue weighted by molar-refractivity contribution is -0.132. The first-order chi connectivity index (χ1) is 12.3. The van der Waals surface area contributed by atoms with Crippen molar-refractivity contribution in [1.82, 2.24) is 29.0 Å².